The summed E-state index contributed by atoms with van der Waals surface area (Å²) in [5, 5.41) is 13.8. The van der Waals surface area contributed by atoms with Crippen molar-refractivity contribution >= 4 is 22.3 Å². The Morgan fingerprint density at radius 2 is 1.86 bits per heavy atom. The fraction of sp³-hybridized carbons (Fsp3) is 0. The number of hydrogen-bond acceptors (Lipinski definition) is 5. The van der Waals surface area contributed by atoms with E-state index in [0.29, 0.717) is 11.3 Å². The molecule has 2 aromatic carbocycles. The van der Waals surface area contributed by atoms with E-state index >= 15 is 0 Å². The summed E-state index contributed by atoms with van der Waals surface area (Å²) in [6.07, 6.45) is 2.90. The van der Waals surface area contributed by atoms with Crippen LogP contribution in [-0.4, -0.2) is 30.6 Å². The number of aromatic nitrogens is 5. The number of hydrogen-bond donors (Lipinski definition) is 0. The van der Waals surface area contributed by atoms with E-state index in [1.807, 2.05) is 36.4 Å². The molecule has 4 aromatic rings. The summed E-state index contributed by atoms with van der Waals surface area (Å²) >= 11 is 0. The van der Waals surface area contributed by atoms with Gasteiger partial charge in [-0.05, 0) is 16.8 Å². The summed E-state index contributed by atoms with van der Waals surface area (Å²) in [5.41, 5.74) is 0.811. The lowest BCUT2D eigenvalue weighted by atomic mass is 10.0. The van der Waals surface area contributed by atoms with Crippen molar-refractivity contribution in [2.75, 3.05) is 0 Å². The van der Waals surface area contributed by atoms with Gasteiger partial charge in [0.25, 0.3) is 5.78 Å². The third-order valence-electron chi connectivity index (χ3n) is 3.29. The fourth-order valence-electron chi connectivity index (χ4n) is 2.23. The highest BCUT2D eigenvalue weighted by Crippen LogP contribution is 2.17. The van der Waals surface area contributed by atoms with Gasteiger partial charge in [-0.1, -0.05) is 36.4 Å². The minimum atomic E-state index is -0.189. The number of nitrogens with zero attached hydrogens (tertiary/aromatic N) is 5. The molecule has 0 aliphatic heterocycles. The third kappa shape index (κ3) is 1.93. The second-order valence-corrected chi connectivity index (χ2v) is 4.61. The van der Waals surface area contributed by atoms with Crippen LogP contribution in [0.4, 0.5) is 0 Å². The molecule has 0 bridgehead atoms. The molecular weight excluding hydrogens is 266 g/mol. The lowest BCUT2D eigenvalue weighted by molar-refractivity contribution is 0.103. The van der Waals surface area contributed by atoms with Crippen LogP contribution in [0.5, 0.6) is 0 Å². The molecule has 0 aliphatic carbocycles. The Balaban J connectivity index is 1.81. The standard InChI is InChI=1S/C15H9N5O/c21-14(13-8-20-15(19-18-13)16-9-17-20)12-6-5-10-3-1-2-4-11(10)7-12/h1-9H. The Kier molecular flexibility index (Phi) is 2.47. The quantitative estimate of drug-likeness (QED) is 0.522. The Bertz CT molecular complexity index is 976. The molecule has 6 heteroatoms. The van der Waals surface area contributed by atoms with Crippen LogP contribution < -0.4 is 0 Å². The van der Waals surface area contributed by atoms with Crippen molar-refractivity contribution in [2.45, 2.75) is 0 Å². The number of benzene rings is 2. The van der Waals surface area contributed by atoms with Crippen LogP contribution in [0.25, 0.3) is 16.6 Å². The van der Waals surface area contributed by atoms with Crippen molar-refractivity contribution in [1.29, 1.82) is 0 Å². The Morgan fingerprint density at radius 1 is 1.00 bits per heavy atom. The summed E-state index contributed by atoms with van der Waals surface area (Å²) in [6.45, 7) is 0. The molecule has 6 nitrogen and oxygen atoms in total. The Hall–Kier alpha value is -3.15. The smallest absolute Gasteiger partial charge is 0.271 e. The van der Waals surface area contributed by atoms with Gasteiger partial charge >= 0.3 is 0 Å². The molecule has 0 spiro atoms. The first-order valence-corrected chi connectivity index (χ1v) is 6.38. The van der Waals surface area contributed by atoms with Crippen LogP contribution in [0.3, 0.4) is 0 Å². The predicted octanol–water partition coefficient (Wildman–Crippen LogP) is 1.90. The summed E-state index contributed by atoms with van der Waals surface area (Å²) < 4.78 is 1.43. The number of rotatable bonds is 2. The molecule has 0 saturated carbocycles. The lowest BCUT2D eigenvalue weighted by Crippen LogP contribution is -2.08. The highest BCUT2D eigenvalue weighted by molar-refractivity contribution is 6.09. The van der Waals surface area contributed by atoms with E-state index < -0.39 is 0 Å². The van der Waals surface area contributed by atoms with Crippen LogP contribution >= 0.6 is 0 Å². The van der Waals surface area contributed by atoms with Gasteiger partial charge < -0.3 is 0 Å². The topological polar surface area (TPSA) is 73.0 Å². The maximum Gasteiger partial charge on any atom is 0.271 e. The van der Waals surface area contributed by atoms with E-state index in [-0.39, 0.29) is 11.5 Å². The Morgan fingerprint density at radius 3 is 2.76 bits per heavy atom. The van der Waals surface area contributed by atoms with E-state index in [1.54, 1.807) is 6.07 Å². The third-order valence-corrected chi connectivity index (χ3v) is 3.29. The molecule has 100 valence electrons. The molecular formula is C15H9N5O. The fourth-order valence-corrected chi connectivity index (χ4v) is 2.23. The van der Waals surface area contributed by atoms with Crippen molar-refractivity contribution < 1.29 is 4.79 Å². The van der Waals surface area contributed by atoms with Gasteiger partial charge in [-0.15, -0.1) is 10.2 Å². The van der Waals surface area contributed by atoms with E-state index in [9.17, 15) is 4.79 Å². The van der Waals surface area contributed by atoms with Gasteiger partial charge in [0.2, 0.25) is 5.78 Å². The average Bonchev–Trinajstić information content (AvgIpc) is 3.01. The lowest BCUT2D eigenvalue weighted by Gasteiger charge is -2.02. The molecule has 0 N–H and O–H groups in total. The van der Waals surface area contributed by atoms with E-state index in [4.69, 9.17) is 0 Å². The molecule has 0 radical (unpaired) electrons. The van der Waals surface area contributed by atoms with Crippen LogP contribution in [0, 0.1) is 0 Å². The first kappa shape index (κ1) is 11.7. The summed E-state index contributed by atoms with van der Waals surface area (Å²) in [7, 11) is 0. The SMILES string of the molecule is O=C(c1ccc2ccccc2c1)c1cn2ncnc2nn1. The van der Waals surface area contributed by atoms with Gasteiger partial charge in [-0.25, -0.2) is 4.52 Å². The summed E-state index contributed by atoms with van der Waals surface area (Å²) in [6, 6.07) is 13.4. The predicted molar refractivity (Wildman–Crippen MR) is 76.0 cm³/mol. The van der Waals surface area contributed by atoms with Crippen molar-refractivity contribution in [3.8, 4) is 0 Å². The zero-order valence-corrected chi connectivity index (χ0v) is 10.8. The van der Waals surface area contributed by atoms with Crippen molar-refractivity contribution in [2.24, 2.45) is 0 Å². The Labute approximate surface area is 119 Å². The maximum absolute atomic E-state index is 12.5. The average molecular weight is 275 g/mol. The minimum absolute atomic E-state index is 0.189. The van der Waals surface area contributed by atoms with Gasteiger partial charge in [-0.3, -0.25) is 4.79 Å². The monoisotopic (exact) mass is 275 g/mol. The second kappa shape index (κ2) is 4.45. The molecule has 2 heterocycles. The normalized spacial score (nSPS) is 11.0. The number of carbonyl (C=O) groups excluding carboxylic acids is 1. The van der Waals surface area contributed by atoms with Crippen LogP contribution in [0.1, 0.15) is 16.1 Å². The van der Waals surface area contributed by atoms with Gasteiger partial charge in [-0.2, -0.15) is 10.1 Å². The van der Waals surface area contributed by atoms with Crippen LogP contribution in [-0.2, 0) is 0 Å². The van der Waals surface area contributed by atoms with Gasteiger partial charge in [0, 0.05) is 5.56 Å². The highest BCUT2D eigenvalue weighted by atomic mass is 16.1. The molecule has 0 aliphatic rings. The molecule has 21 heavy (non-hydrogen) atoms. The maximum atomic E-state index is 12.5. The van der Waals surface area contributed by atoms with E-state index in [1.165, 1.54) is 17.0 Å². The van der Waals surface area contributed by atoms with E-state index in [2.05, 4.69) is 20.3 Å². The van der Waals surface area contributed by atoms with Crippen molar-refractivity contribution in [1.82, 2.24) is 24.8 Å². The number of fused-ring (bicyclic) bond motifs is 2. The molecule has 2 aromatic heterocycles. The van der Waals surface area contributed by atoms with Crippen molar-refractivity contribution in [3.05, 3.63) is 66.2 Å². The largest absolute Gasteiger partial charge is 0.287 e. The molecule has 0 unspecified atom stereocenters. The summed E-state index contributed by atoms with van der Waals surface area (Å²) in [4.78, 5) is 16.4. The molecule has 0 atom stereocenters. The zero-order valence-electron chi connectivity index (χ0n) is 10.8. The van der Waals surface area contributed by atoms with Crippen molar-refractivity contribution in [3.63, 3.8) is 0 Å². The number of ketones is 1. The molecule has 0 saturated heterocycles. The first-order valence-electron chi connectivity index (χ1n) is 6.38. The van der Waals surface area contributed by atoms with Crippen LogP contribution in [0.15, 0.2) is 55.0 Å². The van der Waals surface area contributed by atoms with E-state index in [0.717, 1.165) is 10.8 Å². The van der Waals surface area contributed by atoms with Gasteiger partial charge in [0.05, 0.1) is 6.20 Å². The van der Waals surface area contributed by atoms with Gasteiger partial charge in [0.1, 0.15) is 6.33 Å². The molecule has 4 rings (SSSR count). The minimum Gasteiger partial charge on any atom is -0.287 e. The first-order chi connectivity index (χ1) is 10.3. The number of carbonyl (C=O) groups is 1. The second-order valence-electron chi connectivity index (χ2n) is 4.61. The molecule has 0 fully saturated rings. The van der Waals surface area contributed by atoms with Gasteiger partial charge in [0.15, 0.2) is 5.69 Å². The highest BCUT2D eigenvalue weighted by Gasteiger charge is 2.13. The molecule has 0 amide bonds. The zero-order chi connectivity index (χ0) is 14.2. The summed E-state index contributed by atoms with van der Waals surface area (Å²) in [5.74, 6) is 0.177. The van der Waals surface area contributed by atoms with Crippen LogP contribution in [0.2, 0.25) is 0 Å².